The summed E-state index contributed by atoms with van der Waals surface area (Å²) in [6, 6.07) is 3.68. The number of nitrogens with one attached hydrogen (secondary N) is 1. The fraction of sp³-hybridized carbons (Fsp3) is 0.500. The largest absolute Gasteiger partial charge is 0.495 e. The van der Waals surface area contributed by atoms with E-state index in [1.807, 2.05) is 13.8 Å². The van der Waals surface area contributed by atoms with Crippen molar-refractivity contribution in [2.45, 2.75) is 31.2 Å². The Labute approximate surface area is 139 Å². The number of esters is 1. The molecule has 22 heavy (non-hydrogen) atoms. The van der Waals surface area contributed by atoms with Gasteiger partial charge in [0.25, 0.3) is 0 Å². The number of hydrogen-bond donors (Lipinski definition) is 1. The van der Waals surface area contributed by atoms with Gasteiger partial charge in [0.2, 0.25) is 10.0 Å². The second kappa shape index (κ2) is 7.94. The van der Waals surface area contributed by atoms with Gasteiger partial charge in [-0.3, -0.25) is 4.79 Å². The molecule has 1 rings (SSSR count). The lowest BCUT2D eigenvalue weighted by molar-refractivity contribution is -0.143. The van der Waals surface area contributed by atoms with Crippen LogP contribution in [0.15, 0.2) is 27.6 Å². The maximum Gasteiger partial charge on any atom is 0.323 e. The zero-order valence-electron chi connectivity index (χ0n) is 12.9. The van der Waals surface area contributed by atoms with Crippen molar-refractivity contribution in [3.63, 3.8) is 0 Å². The van der Waals surface area contributed by atoms with Crippen molar-refractivity contribution in [2.75, 3.05) is 14.2 Å². The van der Waals surface area contributed by atoms with Crippen molar-refractivity contribution >= 4 is 31.9 Å². The van der Waals surface area contributed by atoms with Crippen LogP contribution in [-0.2, 0) is 19.6 Å². The van der Waals surface area contributed by atoms with Gasteiger partial charge < -0.3 is 9.47 Å². The normalized spacial score (nSPS) is 13.0. The third kappa shape index (κ3) is 4.96. The highest BCUT2D eigenvalue weighted by Crippen LogP contribution is 2.27. The molecule has 0 aliphatic heterocycles. The SMILES string of the molecule is COC(=O)[C@@H](CC(C)C)NS(=O)(=O)c1cc(Br)ccc1OC. The summed E-state index contributed by atoms with van der Waals surface area (Å²) in [6.45, 7) is 3.79. The molecule has 0 bridgehead atoms. The summed E-state index contributed by atoms with van der Waals surface area (Å²) in [5.41, 5.74) is 0. The first-order valence-corrected chi connectivity index (χ1v) is 8.92. The minimum absolute atomic E-state index is 0.0398. The van der Waals surface area contributed by atoms with Gasteiger partial charge in [0.15, 0.2) is 0 Å². The smallest absolute Gasteiger partial charge is 0.323 e. The van der Waals surface area contributed by atoms with Gasteiger partial charge in [-0.05, 0) is 30.5 Å². The Bertz CT molecular complexity index is 630. The minimum Gasteiger partial charge on any atom is -0.495 e. The van der Waals surface area contributed by atoms with Gasteiger partial charge in [0.05, 0.1) is 14.2 Å². The zero-order valence-corrected chi connectivity index (χ0v) is 15.3. The van der Waals surface area contributed by atoms with Crippen LogP contribution < -0.4 is 9.46 Å². The van der Waals surface area contributed by atoms with E-state index in [4.69, 9.17) is 4.74 Å². The van der Waals surface area contributed by atoms with Crippen LogP contribution >= 0.6 is 15.9 Å². The summed E-state index contributed by atoms with van der Waals surface area (Å²) in [5, 5.41) is 0. The highest BCUT2D eigenvalue weighted by atomic mass is 79.9. The third-order valence-corrected chi connectivity index (χ3v) is 4.89. The molecule has 0 amide bonds. The number of benzene rings is 1. The Morgan fingerprint density at radius 1 is 1.32 bits per heavy atom. The van der Waals surface area contributed by atoms with Crippen molar-refractivity contribution in [1.29, 1.82) is 0 Å². The van der Waals surface area contributed by atoms with Crippen LogP contribution in [0, 0.1) is 5.92 Å². The molecule has 0 saturated heterocycles. The van der Waals surface area contributed by atoms with Gasteiger partial charge in [-0.25, -0.2) is 8.42 Å². The Morgan fingerprint density at radius 3 is 2.45 bits per heavy atom. The molecule has 1 aromatic rings. The molecule has 124 valence electrons. The van der Waals surface area contributed by atoms with E-state index in [9.17, 15) is 13.2 Å². The fourth-order valence-electron chi connectivity index (χ4n) is 1.92. The molecule has 1 aromatic carbocycles. The standard InChI is InChI=1S/C14H20BrNO5S/c1-9(2)7-11(14(17)21-4)16-22(18,19)13-8-10(15)5-6-12(13)20-3/h5-6,8-9,11,16H,7H2,1-4H3/t11-/m1/s1. The quantitative estimate of drug-likeness (QED) is 0.718. The van der Waals surface area contributed by atoms with Crippen molar-refractivity contribution in [1.82, 2.24) is 4.72 Å². The summed E-state index contributed by atoms with van der Waals surface area (Å²) < 4.78 is 37.8. The number of carbonyl (C=O) groups is 1. The predicted molar refractivity (Wildman–Crippen MR) is 86.3 cm³/mol. The molecule has 0 aliphatic carbocycles. The molecule has 0 spiro atoms. The molecular formula is C14H20BrNO5S. The van der Waals surface area contributed by atoms with Crippen LogP contribution in [0.1, 0.15) is 20.3 Å². The molecule has 0 saturated carbocycles. The van der Waals surface area contributed by atoms with Crippen molar-refractivity contribution in [2.24, 2.45) is 5.92 Å². The molecule has 0 fully saturated rings. The van der Waals surface area contributed by atoms with Gasteiger partial charge in [-0.15, -0.1) is 0 Å². The highest BCUT2D eigenvalue weighted by Gasteiger charge is 2.29. The Hall–Kier alpha value is -1.12. The summed E-state index contributed by atoms with van der Waals surface area (Å²) >= 11 is 3.23. The van der Waals surface area contributed by atoms with Crippen LogP contribution in [0.5, 0.6) is 5.75 Å². The summed E-state index contributed by atoms with van der Waals surface area (Å²) in [6.07, 6.45) is 0.336. The molecule has 1 atom stereocenters. The first-order chi connectivity index (χ1) is 10.2. The number of halogens is 1. The van der Waals surface area contributed by atoms with Gasteiger partial charge >= 0.3 is 5.97 Å². The van der Waals surface area contributed by atoms with Gasteiger partial charge in [-0.2, -0.15) is 4.72 Å². The molecular weight excluding hydrogens is 374 g/mol. The van der Waals surface area contributed by atoms with E-state index < -0.39 is 22.0 Å². The summed E-state index contributed by atoms with van der Waals surface area (Å²) in [4.78, 5) is 11.7. The maximum absolute atomic E-state index is 12.6. The van der Waals surface area contributed by atoms with Crippen LogP contribution in [0.3, 0.4) is 0 Å². The van der Waals surface area contributed by atoms with Crippen molar-refractivity contribution < 1.29 is 22.7 Å². The number of ether oxygens (including phenoxy) is 2. The van der Waals surface area contributed by atoms with E-state index in [-0.39, 0.29) is 16.6 Å². The second-order valence-corrected chi connectivity index (χ2v) is 7.72. The molecule has 1 N–H and O–H groups in total. The minimum atomic E-state index is -3.93. The predicted octanol–water partition coefficient (Wildman–Crippen LogP) is 2.32. The Balaban J connectivity index is 3.17. The van der Waals surface area contributed by atoms with E-state index in [1.165, 1.54) is 26.4 Å². The number of carbonyl (C=O) groups excluding carboxylic acids is 1. The van der Waals surface area contributed by atoms with Gasteiger partial charge in [0.1, 0.15) is 16.7 Å². The summed E-state index contributed by atoms with van der Waals surface area (Å²) in [5.74, 6) is -0.300. The second-order valence-electron chi connectivity index (χ2n) is 5.12. The lowest BCUT2D eigenvalue weighted by Gasteiger charge is -2.19. The number of methoxy groups -OCH3 is 2. The molecule has 0 heterocycles. The van der Waals surface area contributed by atoms with Crippen LogP contribution in [0.4, 0.5) is 0 Å². The molecule has 6 nitrogen and oxygen atoms in total. The molecule has 0 unspecified atom stereocenters. The number of sulfonamides is 1. The van der Waals surface area contributed by atoms with E-state index in [0.717, 1.165) is 0 Å². The first-order valence-electron chi connectivity index (χ1n) is 6.65. The van der Waals surface area contributed by atoms with Gasteiger partial charge in [0, 0.05) is 4.47 Å². The Morgan fingerprint density at radius 2 is 1.95 bits per heavy atom. The average Bonchev–Trinajstić information content (AvgIpc) is 2.45. The lowest BCUT2D eigenvalue weighted by Crippen LogP contribution is -2.42. The van der Waals surface area contributed by atoms with E-state index in [0.29, 0.717) is 10.9 Å². The highest BCUT2D eigenvalue weighted by molar-refractivity contribution is 9.10. The van der Waals surface area contributed by atoms with Gasteiger partial charge in [-0.1, -0.05) is 29.8 Å². The zero-order chi connectivity index (χ0) is 16.9. The Kier molecular flexibility index (Phi) is 6.83. The lowest BCUT2D eigenvalue weighted by atomic mass is 10.1. The van der Waals surface area contributed by atoms with Crippen LogP contribution in [0.25, 0.3) is 0 Å². The van der Waals surface area contributed by atoms with E-state index in [1.54, 1.807) is 6.07 Å². The molecule has 0 radical (unpaired) electrons. The van der Waals surface area contributed by atoms with E-state index in [2.05, 4.69) is 25.4 Å². The van der Waals surface area contributed by atoms with Crippen LogP contribution in [0.2, 0.25) is 0 Å². The fourth-order valence-corrected chi connectivity index (χ4v) is 3.82. The topological polar surface area (TPSA) is 81.7 Å². The number of rotatable bonds is 7. The average molecular weight is 394 g/mol. The molecule has 0 aliphatic rings. The third-order valence-electron chi connectivity index (χ3n) is 2.91. The monoisotopic (exact) mass is 393 g/mol. The van der Waals surface area contributed by atoms with Crippen LogP contribution in [-0.4, -0.2) is 34.6 Å². The maximum atomic E-state index is 12.6. The van der Waals surface area contributed by atoms with E-state index >= 15 is 0 Å². The number of hydrogen-bond acceptors (Lipinski definition) is 5. The first kappa shape index (κ1) is 18.9. The summed E-state index contributed by atoms with van der Waals surface area (Å²) in [7, 11) is -1.32. The van der Waals surface area contributed by atoms with Crippen molar-refractivity contribution in [3.05, 3.63) is 22.7 Å². The molecule has 8 heteroatoms. The van der Waals surface area contributed by atoms with Crippen molar-refractivity contribution in [3.8, 4) is 5.75 Å². The molecule has 0 aromatic heterocycles.